The molecule has 136 valence electrons. The summed E-state index contributed by atoms with van der Waals surface area (Å²) in [4.78, 5) is 26.3. The number of hydrogen-bond acceptors (Lipinski definition) is 5. The maximum Gasteiger partial charge on any atom is 0.254 e. The molecule has 0 radical (unpaired) electrons. The number of carbonyl (C=O) groups is 2. The van der Waals surface area contributed by atoms with Crippen LogP contribution in [0.1, 0.15) is 33.6 Å². The normalized spacial score (nSPS) is 14.8. The third-order valence-electron chi connectivity index (χ3n) is 4.47. The molecule has 7 nitrogen and oxygen atoms in total. The Kier molecular flexibility index (Phi) is 4.97. The van der Waals surface area contributed by atoms with Gasteiger partial charge in [-0.15, -0.1) is 0 Å². The number of amides is 2. The van der Waals surface area contributed by atoms with Gasteiger partial charge in [0.2, 0.25) is 0 Å². The minimum atomic E-state index is -0.649. The second-order valence-electron chi connectivity index (χ2n) is 6.27. The fraction of sp³-hybridized carbons (Fsp3) is 0.263. The number of benzene rings is 2. The zero-order chi connectivity index (χ0) is 18.7. The minimum Gasteiger partial charge on any atom is -0.504 e. The van der Waals surface area contributed by atoms with Crippen LogP contribution >= 0.6 is 0 Å². The van der Waals surface area contributed by atoms with Crippen molar-refractivity contribution in [3.8, 4) is 17.2 Å². The third kappa shape index (κ3) is 3.72. The summed E-state index contributed by atoms with van der Waals surface area (Å²) in [6.07, 6.45) is 1.22. The average Bonchev–Trinajstić information content (AvgIpc) is 2.66. The van der Waals surface area contributed by atoms with Gasteiger partial charge in [0.1, 0.15) is 0 Å². The maximum absolute atomic E-state index is 12.5. The van der Waals surface area contributed by atoms with E-state index >= 15 is 0 Å². The van der Waals surface area contributed by atoms with Crippen molar-refractivity contribution < 1.29 is 24.9 Å². The van der Waals surface area contributed by atoms with Crippen LogP contribution in [0.3, 0.4) is 0 Å². The van der Waals surface area contributed by atoms with Crippen molar-refractivity contribution >= 4 is 11.8 Å². The molecule has 3 rings (SSSR count). The van der Waals surface area contributed by atoms with Crippen LogP contribution < -0.4 is 5.32 Å². The Morgan fingerprint density at radius 3 is 2.08 bits per heavy atom. The molecule has 0 unspecified atom stereocenters. The lowest BCUT2D eigenvalue weighted by molar-refractivity contribution is 0.0697. The van der Waals surface area contributed by atoms with Crippen molar-refractivity contribution in [2.75, 3.05) is 13.1 Å². The molecule has 0 atom stereocenters. The van der Waals surface area contributed by atoms with E-state index in [0.717, 1.165) is 12.1 Å². The first-order chi connectivity index (χ1) is 12.5. The number of piperidine rings is 1. The highest BCUT2D eigenvalue weighted by Crippen LogP contribution is 2.35. The van der Waals surface area contributed by atoms with E-state index in [1.165, 1.54) is 0 Å². The quantitative estimate of drug-likeness (QED) is 0.627. The van der Waals surface area contributed by atoms with Crippen LogP contribution in [0.25, 0.3) is 0 Å². The third-order valence-corrected chi connectivity index (χ3v) is 4.47. The van der Waals surface area contributed by atoms with Crippen molar-refractivity contribution in [3.63, 3.8) is 0 Å². The molecule has 0 bridgehead atoms. The first kappa shape index (κ1) is 17.6. The van der Waals surface area contributed by atoms with Gasteiger partial charge in [0.25, 0.3) is 11.8 Å². The van der Waals surface area contributed by atoms with Gasteiger partial charge in [0.15, 0.2) is 17.2 Å². The number of nitrogens with zero attached hydrogens (tertiary/aromatic N) is 1. The van der Waals surface area contributed by atoms with Crippen LogP contribution in [0.5, 0.6) is 17.2 Å². The summed E-state index contributed by atoms with van der Waals surface area (Å²) in [7, 11) is 0. The molecular weight excluding hydrogens is 336 g/mol. The zero-order valence-corrected chi connectivity index (χ0v) is 14.1. The van der Waals surface area contributed by atoms with E-state index in [0.29, 0.717) is 31.5 Å². The Morgan fingerprint density at radius 2 is 1.50 bits per heavy atom. The van der Waals surface area contributed by atoms with Crippen molar-refractivity contribution in [3.05, 3.63) is 53.6 Å². The predicted molar refractivity (Wildman–Crippen MR) is 94.3 cm³/mol. The van der Waals surface area contributed by atoms with Gasteiger partial charge in [-0.05, 0) is 37.1 Å². The van der Waals surface area contributed by atoms with E-state index in [1.807, 2.05) is 6.07 Å². The van der Waals surface area contributed by atoms with Gasteiger partial charge >= 0.3 is 0 Å². The van der Waals surface area contributed by atoms with Crippen molar-refractivity contribution in [2.24, 2.45) is 0 Å². The van der Waals surface area contributed by atoms with E-state index in [4.69, 9.17) is 0 Å². The number of nitrogens with one attached hydrogen (secondary N) is 1. The second-order valence-corrected chi connectivity index (χ2v) is 6.27. The van der Waals surface area contributed by atoms with Crippen LogP contribution in [-0.4, -0.2) is 51.2 Å². The van der Waals surface area contributed by atoms with E-state index in [2.05, 4.69) is 5.32 Å². The van der Waals surface area contributed by atoms with Gasteiger partial charge in [-0.3, -0.25) is 9.59 Å². The van der Waals surface area contributed by atoms with Gasteiger partial charge in [0, 0.05) is 30.3 Å². The molecular formula is C19H20N2O5. The first-order valence-corrected chi connectivity index (χ1v) is 8.36. The van der Waals surface area contributed by atoms with Gasteiger partial charge in [0.05, 0.1) is 0 Å². The SMILES string of the molecule is O=C(NC1CCN(C(=O)c2cc(O)c(O)c(O)c2)CC1)c1ccccc1. The molecule has 1 aliphatic heterocycles. The molecule has 0 saturated carbocycles. The standard InChI is InChI=1S/C19H20N2O5/c22-15-10-13(11-16(23)17(15)24)19(26)21-8-6-14(7-9-21)20-18(25)12-4-2-1-3-5-12/h1-5,10-11,14,22-24H,6-9H2,(H,20,25). The fourth-order valence-corrected chi connectivity index (χ4v) is 3.00. The molecule has 1 aliphatic rings. The molecule has 2 amide bonds. The molecule has 1 heterocycles. The highest BCUT2D eigenvalue weighted by atomic mass is 16.3. The first-order valence-electron chi connectivity index (χ1n) is 8.36. The van der Waals surface area contributed by atoms with E-state index in [-0.39, 0.29) is 23.4 Å². The van der Waals surface area contributed by atoms with Crippen LogP contribution in [-0.2, 0) is 0 Å². The number of carbonyl (C=O) groups excluding carboxylic acids is 2. The Bertz CT molecular complexity index is 791. The lowest BCUT2D eigenvalue weighted by Gasteiger charge is -2.32. The van der Waals surface area contributed by atoms with Crippen molar-refractivity contribution in [1.82, 2.24) is 10.2 Å². The Hall–Kier alpha value is -3.22. The molecule has 2 aromatic carbocycles. The van der Waals surface area contributed by atoms with Gasteiger partial charge in [-0.2, -0.15) is 0 Å². The van der Waals surface area contributed by atoms with Gasteiger partial charge in [-0.25, -0.2) is 0 Å². The lowest BCUT2D eigenvalue weighted by Crippen LogP contribution is -2.46. The van der Waals surface area contributed by atoms with E-state index in [9.17, 15) is 24.9 Å². The second kappa shape index (κ2) is 7.35. The number of phenolic OH excluding ortho intramolecular Hbond substituents is 3. The van der Waals surface area contributed by atoms with Crippen LogP contribution in [0.2, 0.25) is 0 Å². The molecule has 1 fully saturated rings. The summed E-state index contributed by atoms with van der Waals surface area (Å²) in [6, 6.07) is 11.2. The number of rotatable bonds is 3. The minimum absolute atomic E-state index is 0.0200. The number of phenols is 3. The monoisotopic (exact) mass is 356 g/mol. The summed E-state index contributed by atoms with van der Waals surface area (Å²) in [5.41, 5.74) is 0.700. The van der Waals surface area contributed by atoms with Crippen LogP contribution in [0, 0.1) is 0 Å². The Morgan fingerprint density at radius 1 is 0.923 bits per heavy atom. The highest BCUT2D eigenvalue weighted by molar-refractivity contribution is 5.96. The number of hydrogen-bond donors (Lipinski definition) is 4. The van der Waals surface area contributed by atoms with Gasteiger partial charge < -0.3 is 25.5 Å². The summed E-state index contributed by atoms with van der Waals surface area (Å²) in [5, 5.41) is 31.4. The highest BCUT2D eigenvalue weighted by Gasteiger charge is 2.26. The Balaban J connectivity index is 1.58. The Labute approximate surface area is 150 Å². The van der Waals surface area contributed by atoms with Crippen molar-refractivity contribution in [2.45, 2.75) is 18.9 Å². The van der Waals surface area contributed by atoms with E-state index in [1.54, 1.807) is 29.2 Å². The van der Waals surface area contributed by atoms with Gasteiger partial charge in [-0.1, -0.05) is 18.2 Å². The molecule has 0 aliphatic carbocycles. The molecule has 7 heteroatoms. The molecule has 2 aromatic rings. The molecule has 0 aromatic heterocycles. The lowest BCUT2D eigenvalue weighted by atomic mass is 10.0. The fourth-order valence-electron chi connectivity index (χ4n) is 3.00. The summed E-state index contributed by atoms with van der Waals surface area (Å²) in [5.74, 6) is -2.22. The van der Waals surface area contributed by atoms with Crippen molar-refractivity contribution in [1.29, 1.82) is 0 Å². The topological polar surface area (TPSA) is 110 Å². The molecule has 1 saturated heterocycles. The summed E-state index contributed by atoms with van der Waals surface area (Å²) in [6.45, 7) is 0.891. The molecule has 26 heavy (non-hydrogen) atoms. The molecule has 0 spiro atoms. The number of likely N-dealkylation sites (tertiary alicyclic amines) is 1. The number of aromatic hydroxyl groups is 3. The largest absolute Gasteiger partial charge is 0.504 e. The summed E-state index contributed by atoms with van der Waals surface area (Å²) >= 11 is 0. The summed E-state index contributed by atoms with van der Waals surface area (Å²) < 4.78 is 0. The average molecular weight is 356 g/mol. The predicted octanol–water partition coefficient (Wildman–Crippen LogP) is 1.84. The van der Waals surface area contributed by atoms with Crippen LogP contribution in [0.15, 0.2) is 42.5 Å². The van der Waals surface area contributed by atoms with E-state index < -0.39 is 17.2 Å². The van der Waals surface area contributed by atoms with Crippen LogP contribution in [0.4, 0.5) is 0 Å². The molecule has 4 N–H and O–H groups in total. The maximum atomic E-state index is 12.5. The smallest absolute Gasteiger partial charge is 0.254 e. The zero-order valence-electron chi connectivity index (χ0n) is 14.1.